The molecular weight excluding hydrogens is 521 g/mol. The number of ether oxygens (including phenoxy) is 2. The fraction of sp³-hybridized carbons (Fsp3) is 0.433. The third-order valence-corrected chi connectivity index (χ3v) is 7.67. The van der Waals surface area contributed by atoms with Crippen molar-refractivity contribution in [1.82, 2.24) is 15.3 Å². The Hall–Kier alpha value is -2.83. The Balaban J connectivity index is 1.51. The lowest BCUT2D eigenvalue weighted by Crippen LogP contribution is -2.40. The van der Waals surface area contributed by atoms with Crippen LogP contribution in [-0.4, -0.2) is 28.2 Å². The molecule has 0 atom stereocenters. The zero-order chi connectivity index (χ0) is 27.3. The zero-order valence-corrected chi connectivity index (χ0v) is 23.9. The number of carbonyl (C=O) groups is 1. The maximum atomic E-state index is 12.2. The number of carbonyl (C=O) groups excluding carboxylic acids is 1. The highest BCUT2D eigenvalue weighted by Crippen LogP contribution is 2.44. The van der Waals surface area contributed by atoms with Gasteiger partial charge in [-0.2, -0.15) is 0 Å². The average Bonchev–Trinajstić information content (AvgIpc) is 2.88. The highest BCUT2D eigenvalue weighted by molar-refractivity contribution is 6.43. The van der Waals surface area contributed by atoms with Crippen LogP contribution in [0.15, 0.2) is 54.7 Å². The van der Waals surface area contributed by atoms with Crippen molar-refractivity contribution in [2.24, 2.45) is 5.41 Å². The summed E-state index contributed by atoms with van der Waals surface area (Å²) >= 11 is 12.7. The molecule has 1 aliphatic carbocycles. The van der Waals surface area contributed by atoms with Crippen LogP contribution in [0.4, 0.5) is 4.79 Å². The second kappa shape index (κ2) is 11.9. The van der Waals surface area contributed by atoms with Crippen LogP contribution in [0.3, 0.4) is 0 Å². The summed E-state index contributed by atoms with van der Waals surface area (Å²) in [6.07, 6.45) is 5.09. The number of amides is 1. The molecule has 3 aromatic rings. The molecule has 1 heterocycles. The van der Waals surface area contributed by atoms with Crippen molar-refractivity contribution < 1.29 is 14.3 Å². The molecule has 0 radical (unpaired) electrons. The number of benzene rings is 2. The quantitative estimate of drug-likeness (QED) is 0.317. The third kappa shape index (κ3) is 7.39. The van der Waals surface area contributed by atoms with E-state index in [4.69, 9.17) is 42.6 Å². The van der Waals surface area contributed by atoms with E-state index in [-0.39, 0.29) is 17.4 Å². The Bertz CT molecular complexity index is 1250. The Kier molecular flexibility index (Phi) is 8.84. The third-order valence-electron chi connectivity index (χ3n) is 6.85. The van der Waals surface area contributed by atoms with Crippen molar-refractivity contribution >= 4 is 29.3 Å². The largest absolute Gasteiger partial charge is 0.471 e. The molecule has 8 heteroatoms. The van der Waals surface area contributed by atoms with Crippen molar-refractivity contribution in [2.75, 3.05) is 6.54 Å². The number of hydrogen-bond acceptors (Lipinski definition) is 5. The van der Waals surface area contributed by atoms with E-state index in [2.05, 4.69) is 12.2 Å². The fourth-order valence-corrected chi connectivity index (χ4v) is 5.09. The molecule has 38 heavy (non-hydrogen) atoms. The van der Waals surface area contributed by atoms with Crippen LogP contribution < -0.4 is 10.1 Å². The highest BCUT2D eigenvalue weighted by atomic mass is 35.5. The molecular formula is C30H35Cl2N3O3. The van der Waals surface area contributed by atoms with E-state index in [1.165, 1.54) is 0 Å². The standard InChI is InChI=1S/C30H35Cl2N3O3/c1-29(2,3)38-28(36)34-19-30(4)15-13-21(14-16-30)26-27(37-18-20-9-6-5-7-10-20)35-24(17-33-26)22-11-8-12-23(31)25(22)32/h5-12,17,21H,13-16,18-19H2,1-4H3,(H,34,36). The predicted molar refractivity (Wildman–Crippen MR) is 152 cm³/mol. The number of halogens is 2. The van der Waals surface area contributed by atoms with Crippen molar-refractivity contribution in [3.05, 3.63) is 76.0 Å². The van der Waals surface area contributed by atoms with E-state index in [0.717, 1.165) is 36.9 Å². The summed E-state index contributed by atoms with van der Waals surface area (Å²) in [5.74, 6) is 0.717. The minimum atomic E-state index is -0.515. The van der Waals surface area contributed by atoms with Crippen molar-refractivity contribution in [1.29, 1.82) is 0 Å². The Morgan fingerprint density at radius 3 is 2.47 bits per heavy atom. The van der Waals surface area contributed by atoms with E-state index >= 15 is 0 Å². The lowest BCUT2D eigenvalue weighted by atomic mass is 9.71. The monoisotopic (exact) mass is 555 g/mol. The van der Waals surface area contributed by atoms with Gasteiger partial charge in [-0.25, -0.2) is 9.78 Å². The molecule has 1 saturated carbocycles. The van der Waals surface area contributed by atoms with Gasteiger partial charge in [-0.3, -0.25) is 4.98 Å². The van der Waals surface area contributed by atoms with Gasteiger partial charge in [0.1, 0.15) is 17.9 Å². The minimum absolute atomic E-state index is 0.0137. The van der Waals surface area contributed by atoms with Crippen molar-refractivity contribution in [2.45, 2.75) is 71.5 Å². The molecule has 1 aliphatic rings. The Morgan fingerprint density at radius 1 is 1.08 bits per heavy atom. The normalized spacial score (nSPS) is 19.6. The second-order valence-corrected chi connectivity index (χ2v) is 12.0. The highest BCUT2D eigenvalue weighted by Gasteiger charge is 2.34. The van der Waals surface area contributed by atoms with Gasteiger partial charge in [-0.1, -0.05) is 72.6 Å². The maximum Gasteiger partial charge on any atom is 0.407 e. The summed E-state index contributed by atoms with van der Waals surface area (Å²) in [7, 11) is 0. The summed E-state index contributed by atoms with van der Waals surface area (Å²) in [6, 6.07) is 15.5. The molecule has 1 amide bonds. The maximum absolute atomic E-state index is 12.2. The summed E-state index contributed by atoms with van der Waals surface area (Å²) in [4.78, 5) is 21.9. The molecule has 4 rings (SSSR count). The minimum Gasteiger partial charge on any atom is -0.471 e. The van der Waals surface area contributed by atoms with Crippen LogP contribution in [-0.2, 0) is 11.3 Å². The van der Waals surface area contributed by atoms with Gasteiger partial charge in [0.25, 0.3) is 0 Å². The molecule has 6 nitrogen and oxygen atoms in total. The first-order valence-electron chi connectivity index (χ1n) is 13.0. The van der Waals surface area contributed by atoms with Crippen LogP contribution in [0.1, 0.15) is 70.6 Å². The first-order chi connectivity index (χ1) is 18.0. The molecule has 1 aromatic heterocycles. The molecule has 202 valence electrons. The summed E-state index contributed by atoms with van der Waals surface area (Å²) in [5.41, 5.74) is 2.71. The van der Waals surface area contributed by atoms with Crippen LogP contribution in [0, 0.1) is 5.41 Å². The van der Waals surface area contributed by atoms with Gasteiger partial charge in [-0.15, -0.1) is 0 Å². The van der Waals surface area contributed by atoms with E-state index in [1.54, 1.807) is 12.3 Å². The molecule has 0 bridgehead atoms. The molecule has 0 aliphatic heterocycles. The first-order valence-corrected chi connectivity index (χ1v) is 13.7. The van der Waals surface area contributed by atoms with Gasteiger partial charge in [0, 0.05) is 18.0 Å². The Morgan fingerprint density at radius 2 is 1.79 bits per heavy atom. The van der Waals surface area contributed by atoms with Crippen LogP contribution in [0.25, 0.3) is 11.3 Å². The number of nitrogens with zero attached hydrogens (tertiary/aromatic N) is 2. The zero-order valence-electron chi connectivity index (χ0n) is 22.4. The lowest BCUT2D eigenvalue weighted by molar-refractivity contribution is 0.0487. The van der Waals surface area contributed by atoms with E-state index in [0.29, 0.717) is 40.3 Å². The topological polar surface area (TPSA) is 73.3 Å². The van der Waals surface area contributed by atoms with Crippen LogP contribution >= 0.6 is 23.2 Å². The second-order valence-electron chi connectivity index (χ2n) is 11.3. The lowest BCUT2D eigenvalue weighted by Gasteiger charge is -2.37. The predicted octanol–water partition coefficient (Wildman–Crippen LogP) is 8.22. The molecule has 2 aromatic carbocycles. The van der Waals surface area contributed by atoms with Gasteiger partial charge in [-0.05, 0) is 63.5 Å². The van der Waals surface area contributed by atoms with Gasteiger partial charge < -0.3 is 14.8 Å². The fourth-order valence-electron chi connectivity index (χ4n) is 4.69. The van der Waals surface area contributed by atoms with Gasteiger partial charge in [0.15, 0.2) is 0 Å². The number of alkyl carbamates (subject to hydrolysis) is 1. The van der Waals surface area contributed by atoms with Crippen molar-refractivity contribution in [3.63, 3.8) is 0 Å². The number of hydrogen-bond donors (Lipinski definition) is 1. The summed E-state index contributed by atoms with van der Waals surface area (Å²) in [5, 5.41) is 3.86. The van der Waals surface area contributed by atoms with E-state index in [1.807, 2.05) is 63.2 Å². The molecule has 0 spiro atoms. The summed E-state index contributed by atoms with van der Waals surface area (Å²) in [6.45, 7) is 8.77. The number of aromatic nitrogens is 2. The number of rotatable bonds is 7. The van der Waals surface area contributed by atoms with Gasteiger partial charge in [0.2, 0.25) is 5.88 Å². The molecule has 1 fully saturated rings. The van der Waals surface area contributed by atoms with Crippen molar-refractivity contribution in [3.8, 4) is 17.1 Å². The summed E-state index contributed by atoms with van der Waals surface area (Å²) < 4.78 is 11.7. The SMILES string of the molecule is CC1(CNC(=O)OC(C)(C)C)CCC(c2ncc(-c3cccc(Cl)c3Cl)nc2OCc2ccccc2)CC1. The molecule has 0 saturated heterocycles. The number of nitrogens with one attached hydrogen (secondary N) is 1. The Labute approximate surface area is 235 Å². The van der Waals surface area contributed by atoms with E-state index < -0.39 is 5.60 Å². The first kappa shape index (κ1) is 28.2. The average molecular weight is 557 g/mol. The van der Waals surface area contributed by atoms with Crippen LogP contribution in [0.2, 0.25) is 10.0 Å². The van der Waals surface area contributed by atoms with E-state index in [9.17, 15) is 4.79 Å². The molecule has 0 unspecified atom stereocenters. The molecule has 1 N–H and O–H groups in total. The van der Waals surface area contributed by atoms with Gasteiger partial charge in [0.05, 0.1) is 21.9 Å². The van der Waals surface area contributed by atoms with Crippen LogP contribution in [0.5, 0.6) is 5.88 Å². The van der Waals surface area contributed by atoms with Gasteiger partial charge >= 0.3 is 6.09 Å². The smallest absolute Gasteiger partial charge is 0.407 e.